The summed E-state index contributed by atoms with van der Waals surface area (Å²) in [7, 11) is 0. The molecule has 0 aliphatic carbocycles. The van der Waals surface area contributed by atoms with Gasteiger partial charge in [-0.05, 0) is 25.1 Å². The Morgan fingerprint density at radius 2 is 2.29 bits per heavy atom. The quantitative estimate of drug-likeness (QED) is 0.893. The van der Waals surface area contributed by atoms with Crippen molar-refractivity contribution in [3.05, 3.63) is 39.9 Å². The molecule has 0 bridgehead atoms. The maximum absolute atomic E-state index is 13.4. The van der Waals surface area contributed by atoms with E-state index in [9.17, 15) is 9.18 Å². The number of aryl methyl sites for hydroxylation is 1. The highest BCUT2D eigenvalue weighted by molar-refractivity contribution is 9.10. The first kappa shape index (κ1) is 11.7. The lowest BCUT2D eigenvalue weighted by atomic mass is 10.2. The molecule has 0 atom stereocenters. The van der Waals surface area contributed by atoms with E-state index in [4.69, 9.17) is 0 Å². The zero-order valence-electron chi connectivity index (χ0n) is 8.79. The molecule has 0 fully saturated rings. The number of carbonyl (C=O) groups excluding carboxylic acids is 1. The SMILES string of the molecule is Cc1nc(NC(=O)c2cc(Br)ccc2F)n[nH]1. The zero-order chi connectivity index (χ0) is 12.4. The fourth-order valence-electron chi connectivity index (χ4n) is 1.24. The molecule has 0 spiro atoms. The van der Waals surface area contributed by atoms with Gasteiger partial charge in [0, 0.05) is 4.47 Å². The molecule has 1 aromatic heterocycles. The molecular formula is C10H8BrFN4O. The summed E-state index contributed by atoms with van der Waals surface area (Å²) in [4.78, 5) is 15.6. The molecule has 2 rings (SSSR count). The van der Waals surface area contributed by atoms with Gasteiger partial charge in [0.2, 0.25) is 5.95 Å². The first-order valence-corrected chi connectivity index (χ1v) is 5.51. The molecule has 0 radical (unpaired) electrons. The fraction of sp³-hybridized carbons (Fsp3) is 0.100. The van der Waals surface area contributed by atoms with Gasteiger partial charge in [0.15, 0.2) is 0 Å². The van der Waals surface area contributed by atoms with Crippen molar-refractivity contribution in [2.45, 2.75) is 6.92 Å². The predicted molar refractivity (Wildman–Crippen MR) is 63.2 cm³/mol. The summed E-state index contributed by atoms with van der Waals surface area (Å²) in [6.07, 6.45) is 0. The van der Waals surface area contributed by atoms with Crippen LogP contribution in [0.5, 0.6) is 0 Å². The van der Waals surface area contributed by atoms with Crippen LogP contribution in [0.2, 0.25) is 0 Å². The van der Waals surface area contributed by atoms with E-state index in [-0.39, 0.29) is 11.5 Å². The van der Waals surface area contributed by atoms with Crippen molar-refractivity contribution in [3.63, 3.8) is 0 Å². The molecule has 17 heavy (non-hydrogen) atoms. The minimum Gasteiger partial charge on any atom is -0.289 e. The van der Waals surface area contributed by atoms with Crippen LogP contribution in [0.15, 0.2) is 22.7 Å². The van der Waals surface area contributed by atoms with Crippen molar-refractivity contribution in [2.75, 3.05) is 5.32 Å². The van der Waals surface area contributed by atoms with Gasteiger partial charge in [-0.25, -0.2) is 4.39 Å². The number of aromatic amines is 1. The Balaban J connectivity index is 2.22. The third kappa shape index (κ3) is 2.68. The number of benzene rings is 1. The lowest BCUT2D eigenvalue weighted by Gasteiger charge is -2.02. The Morgan fingerprint density at radius 3 is 2.94 bits per heavy atom. The Labute approximate surface area is 105 Å². The number of carbonyl (C=O) groups is 1. The molecule has 7 heteroatoms. The van der Waals surface area contributed by atoms with E-state index < -0.39 is 11.7 Å². The number of amides is 1. The minimum absolute atomic E-state index is 0.0678. The number of nitrogens with zero attached hydrogens (tertiary/aromatic N) is 2. The molecule has 1 aromatic carbocycles. The summed E-state index contributed by atoms with van der Waals surface area (Å²) in [5, 5.41) is 8.70. The van der Waals surface area contributed by atoms with Crippen LogP contribution in [-0.4, -0.2) is 21.1 Å². The van der Waals surface area contributed by atoms with Crippen LogP contribution < -0.4 is 5.32 Å². The van der Waals surface area contributed by atoms with Gasteiger partial charge in [0.05, 0.1) is 5.56 Å². The standard InChI is InChI=1S/C10H8BrFN4O/c1-5-13-10(16-15-5)14-9(17)7-4-6(11)2-3-8(7)12/h2-4H,1H3,(H2,13,14,15,16,17). The van der Waals surface area contributed by atoms with Crippen LogP contribution in [0.25, 0.3) is 0 Å². The van der Waals surface area contributed by atoms with Gasteiger partial charge >= 0.3 is 0 Å². The molecule has 0 saturated carbocycles. The second kappa shape index (κ2) is 4.62. The number of anilines is 1. The average Bonchev–Trinajstić information content (AvgIpc) is 2.67. The maximum Gasteiger partial charge on any atom is 0.261 e. The van der Waals surface area contributed by atoms with Crippen LogP contribution in [0, 0.1) is 12.7 Å². The highest BCUT2D eigenvalue weighted by Gasteiger charge is 2.13. The van der Waals surface area contributed by atoms with E-state index in [0.717, 1.165) is 0 Å². The molecule has 2 N–H and O–H groups in total. The van der Waals surface area contributed by atoms with E-state index in [1.54, 1.807) is 6.92 Å². The van der Waals surface area contributed by atoms with Crippen LogP contribution in [0.4, 0.5) is 10.3 Å². The van der Waals surface area contributed by atoms with Gasteiger partial charge < -0.3 is 0 Å². The van der Waals surface area contributed by atoms with E-state index in [0.29, 0.717) is 10.3 Å². The summed E-state index contributed by atoms with van der Waals surface area (Å²) in [6.45, 7) is 1.70. The second-order valence-electron chi connectivity index (χ2n) is 3.32. The lowest BCUT2D eigenvalue weighted by Crippen LogP contribution is -2.14. The molecular weight excluding hydrogens is 291 g/mol. The van der Waals surface area contributed by atoms with E-state index in [2.05, 4.69) is 36.4 Å². The zero-order valence-corrected chi connectivity index (χ0v) is 10.4. The highest BCUT2D eigenvalue weighted by atomic mass is 79.9. The Kier molecular flexibility index (Phi) is 3.19. The Hall–Kier alpha value is -1.76. The first-order chi connectivity index (χ1) is 8.06. The van der Waals surface area contributed by atoms with Crippen LogP contribution in [0.3, 0.4) is 0 Å². The van der Waals surface area contributed by atoms with E-state index in [1.807, 2.05) is 0 Å². The molecule has 5 nitrogen and oxygen atoms in total. The minimum atomic E-state index is -0.599. The topological polar surface area (TPSA) is 70.7 Å². The molecule has 2 aromatic rings. The maximum atomic E-state index is 13.4. The van der Waals surface area contributed by atoms with Crippen molar-refractivity contribution < 1.29 is 9.18 Å². The number of nitrogens with one attached hydrogen (secondary N) is 2. The molecule has 0 saturated heterocycles. The van der Waals surface area contributed by atoms with Crippen molar-refractivity contribution >= 4 is 27.8 Å². The summed E-state index contributed by atoms with van der Waals surface area (Å²) in [5.41, 5.74) is -0.0678. The molecule has 0 aliphatic heterocycles. The smallest absolute Gasteiger partial charge is 0.261 e. The number of halogens is 2. The summed E-state index contributed by atoms with van der Waals surface area (Å²) in [5.74, 6) is -0.511. The first-order valence-electron chi connectivity index (χ1n) is 4.71. The largest absolute Gasteiger partial charge is 0.289 e. The lowest BCUT2D eigenvalue weighted by molar-refractivity contribution is 0.102. The second-order valence-corrected chi connectivity index (χ2v) is 4.24. The average molecular weight is 299 g/mol. The molecule has 0 unspecified atom stereocenters. The van der Waals surface area contributed by atoms with Crippen LogP contribution >= 0.6 is 15.9 Å². The van der Waals surface area contributed by atoms with Gasteiger partial charge in [0.1, 0.15) is 11.6 Å². The fourth-order valence-corrected chi connectivity index (χ4v) is 1.60. The Bertz CT molecular complexity index is 569. The van der Waals surface area contributed by atoms with Gasteiger partial charge in [-0.2, -0.15) is 4.98 Å². The van der Waals surface area contributed by atoms with Crippen molar-refractivity contribution in [3.8, 4) is 0 Å². The van der Waals surface area contributed by atoms with Crippen molar-refractivity contribution in [2.24, 2.45) is 0 Å². The highest BCUT2D eigenvalue weighted by Crippen LogP contribution is 2.16. The number of hydrogen-bond acceptors (Lipinski definition) is 3. The molecule has 88 valence electrons. The third-order valence-corrected chi connectivity index (χ3v) is 2.49. The van der Waals surface area contributed by atoms with Gasteiger partial charge in [-0.15, -0.1) is 5.10 Å². The summed E-state index contributed by atoms with van der Waals surface area (Å²) < 4.78 is 14.0. The van der Waals surface area contributed by atoms with Gasteiger partial charge in [-0.1, -0.05) is 15.9 Å². The molecule has 0 aliphatic rings. The molecule has 1 amide bonds. The Morgan fingerprint density at radius 1 is 1.53 bits per heavy atom. The van der Waals surface area contributed by atoms with E-state index in [1.165, 1.54) is 18.2 Å². The van der Waals surface area contributed by atoms with Crippen LogP contribution in [-0.2, 0) is 0 Å². The van der Waals surface area contributed by atoms with E-state index >= 15 is 0 Å². The van der Waals surface area contributed by atoms with Gasteiger partial charge in [0.25, 0.3) is 5.91 Å². The third-order valence-electron chi connectivity index (χ3n) is 2.00. The monoisotopic (exact) mass is 298 g/mol. The van der Waals surface area contributed by atoms with Crippen LogP contribution in [0.1, 0.15) is 16.2 Å². The van der Waals surface area contributed by atoms with Gasteiger partial charge in [-0.3, -0.25) is 15.2 Å². The summed E-state index contributed by atoms with van der Waals surface area (Å²) in [6, 6.07) is 4.12. The number of hydrogen-bond donors (Lipinski definition) is 2. The van der Waals surface area contributed by atoms with Crippen molar-refractivity contribution in [1.29, 1.82) is 0 Å². The normalized spacial score (nSPS) is 10.3. The molecule has 1 heterocycles. The number of aromatic nitrogens is 3. The summed E-state index contributed by atoms with van der Waals surface area (Å²) >= 11 is 3.17. The number of H-pyrrole nitrogens is 1. The van der Waals surface area contributed by atoms with Crippen molar-refractivity contribution in [1.82, 2.24) is 15.2 Å². The number of rotatable bonds is 2. The predicted octanol–water partition coefficient (Wildman–Crippen LogP) is 2.27.